The Labute approximate surface area is 152 Å². The summed E-state index contributed by atoms with van der Waals surface area (Å²) in [7, 11) is 0. The number of rotatable bonds is 5. The first-order valence-corrected chi connectivity index (χ1v) is 9.46. The van der Waals surface area contributed by atoms with Gasteiger partial charge >= 0.3 is 0 Å². The van der Waals surface area contributed by atoms with E-state index in [9.17, 15) is 9.18 Å². The van der Waals surface area contributed by atoms with Gasteiger partial charge in [-0.3, -0.25) is 4.79 Å². The van der Waals surface area contributed by atoms with Crippen LogP contribution in [-0.2, 0) is 28.8 Å². The molecule has 1 aliphatic carbocycles. The van der Waals surface area contributed by atoms with Gasteiger partial charge in [0.25, 0.3) is 0 Å². The van der Waals surface area contributed by atoms with E-state index in [0.29, 0.717) is 12.3 Å². The first-order chi connectivity index (χ1) is 12.4. The molecule has 0 radical (unpaired) electrons. The van der Waals surface area contributed by atoms with Gasteiger partial charge < -0.3 is 14.2 Å². The van der Waals surface area contributed by atoms with E-state index >= 15 is 0 Å². The van der Waals surface area contributed by atoms with Gasteiger partial charge in [0, 0.05) is 23.8 Å². The van der Waals surface area contributed by atoms with Crippen molar-refractivity contribution in [3.63, 3.8) is 0 Å². The largest absolute Gasteiger partial charge is 0.463 e. The van der Waals surface area contributed by atoms with E-state index in [1.54, 1.807) is 0 Å². The van der Waals surface area contributed by atoms with Gasteiger partial charge in [0.2, 0.25) is 12.1 Å². The van der Waals surface area contributed by atoms with Gasteiger partial charge in [-0.05, 0) is 39.0 Å². The second kappa shape index (κ2) is 6.55. The van der Waals surface area contributed by atoms with Crippen LogP contribution in [0.25, 0.3) is 0 Å². The fourth-order valence-corrected chi connectivity index (χ4v) is 5.15. The molecule has 1 unspecified atom stereocenters. The summed E-state index contributed by atoms with van der Waals surface area (Å²) in [6, 6.07) is 0. The van der Waals surface area contributed by atoms with Crippen molar-refractivity contribution in [1.29, 1.82) is 0 Å². The smallest absolute Gasteiger partial charge is 0.235 e. The number of carbonyl (C=O) groups excluding carboxylic acids is 1. The van der Waals surface area contributed by atoms with Crippen molar-refractivity contribution in [3.05, 3.63) is 11.3 Å². The van der Waals surface area contributed by atoms with Crippen molar-refractivity contribution in [1.82, 2.24) is 0 Å². The zero-order chi connectivity index (χ0) is 18.5. The van der Waals surface area contributed by atoms with Gasteiger partial charge in [0.05, 0.1) is 6.61 Å². The summed E-state index contributed by atoms with van der Waals surface area (Å²) >= 11 is 0. The number of ether oxygens (including phenoxy) is 3. The Morgan fingerprint density at radius 3 is 2.85 bits per heavy atom. The molecule has 26 heavy (non-hydrogen) atoms. The molecule has 1 saturated carbocycles. The maximum absolute atomic E-state index is 13.8. The van der Waals surface area contributed by atoms with Crippen LogP contribution in [-0.4, -0.2) is 43.3 Å². The zero-order valence-corrected chi connectivity index (χ0v) is 15.6. The second-order valence-electron chi connectivity index (χ2n) is 8.25. The van der Waals surface area contributed by atoms with Gasteiger partial charge in [-0.2, -0.15) is 0 Å². The lowest BCUT2D eigenvalue weighted by Gasteiger charge is -2.57. The highest BCUT2D eigenvalue weighted by Gasteiger charge is 2.68. The van der Waals surface area contributed by atoms with Crippen molar-refractivity contribution in [2.45, 2.75) is 64.1 Å². The van der Waals surface area contributed by atoms with Gasteiger partial charge in [0.15, 0.2) is 11.4 Å². The lowest BCUT2D eigenvalue weighted by atomic mass is 9.59. The zero-order valence-electron chi connectivity index (χ0n) is 15.6. The minimum absolute atomic E-state index is 0.00201. The van der Waals surface area contributed by atoms with Crippen LogP contribution in [0.4, 0.5) is 4.39 Å². The average Bonchev–Trinajstić information content (AvgIpc) is 2.83. The number of halogens is 1. The molecule has 5 rings (SSSR count). The number of alkyl halides is 1. The van der Waals surface area contributed by atoms with E-state index < -0.39 is 24.4 Å². The van der Waals surface area contributed by atoms with Crippen LogP contribution >= 0.6 is 0 Å². The molecule has 5 aliphatic rings. The molecule has 0 aromatic heterocycles. The van der Waals surface area contributed by atoms with E-state index in [1.807, 2.05) is 6.92 Å². The molecule has 6 atom stereocenters. The quantitative estimate of drug-likeness (QED) is 0.693. The maximum Gasteiger partial charge on any atom is 0.235 e. The summed E-state index contributed by atoms with van der Waals surface area (Å²) in [6.45, 7) is 4.94. The molecular formula is C19H27FO6. The number of allylic oxidation sites excluding steroid dienone is 1. The van der Waals surface area contributed by atoms with Crippen molar-refractivity contribution in [3.8, 4) is 0 Å². The van der Waals surface area contributed by atoms with E-state index in [1.165, 1.54) is 6.92 Å². The van der Waals surface area contributed by atoms with Gasteiger partial charge in [-0.25, -0.2) is 14.2 Å². The highest BCUT2D eigenvalue weighted by molar-refractivity contribution is 5.76. The average molecular weight is 370 g/mol. The van der Waals surface area contributed by atoms with Crippen LogP contribution in [0.15, 0.2) is 11.3 Å². The summed E-state index contributed by atoms with van der Waals surface area (Å²) in [5, 5.41) is 0. The molecule has 4 heterocycles. The third kappa shape index (κ3) is 2.71. The van der Waals surface area contributed by atoms with Crippen molar-refractivity contribution >= 4 is 5.78 Å². The number of fused-ring (bicyclic) bond motifs is 2. The van der Waals surface area contributed by atoms with Crippen LogP contribution in [0.2, 0.25) is 0 Å². The summed E-state index contributed by atoms with van der Waals surface area (Å²) in [5.74, 6) is -0.177. The molecule has 2 bridgehead atoms. The van der Waals surface area contributed by atoms with Crippen molar-refractivity contribution in [2.24, 2.45) is 17.8 Å². The Bertz CT molecular complexity index is 621. The molecule has 7 heteroatoms. The SMILES string of the molecule is CC(=O)COCC1=C(CF)O[C@@H]2O[C@]3(C)CCC4[C@H](C)CC[C@@H]1[C@]42OO3. The Balaban J connectivity index is 1.72. The predicted molar refractivity (Wildman–Crippen MR) is 88.4 cm³/mol. The van der Waals surface area contributed by atoms with Crippen LogP contribution in [0.1, 0.15) is 46.5 Å². The third-order valence-electron chi connectivity index (χ3n) is 6.43. The highest BCUT2D eigenvalue weighted by Crippen LogP contribution is 2.60. The topological polar surface area (TPSA) is 63.2 Å². The van der Waals surface area contributed by atoms with E-state index in [0.717, 1.165) is 24.8 Å². The van der Waals surface area contributed by atoms with Crippen LogP contribution in [0, 0.1) is 17.8 Å². The number of hydrogen-bond acceptors (Lipinski definition) is 6. The lowest BCUT2D eigenvalue weighted by Crippen LogP contribution is -2.67. The predicted octanol–water partition coefficient (Wildman–Crippen LogP) is 3.06. The second-order valence-corrected chi connectivity index (χ2v) is 8.25. The highest BCUT2D eigenvalue weighted by atomic mass is 19.1. The minimum atomic E-state index is -0.873. The fourth-order valence-electron chi connectivity index (χ4n) is 5.15. The molecule has 0 N–H and O–H groups in total. The standard InChI is InChI=1S/C19H27FO6/c1-11-4-5-15-13(10-22-9-12(2)21)16(8-20)23-17-19(15)14(11)6-7-18(3,24-17)25-26-19/h11,14-15,17H,4-10H2,1-3H3/t11-,14?,15+,17-,18+,19-/m1/s1. The minimum Gasteiger partial charge on any atom is -0.463 e. The van der Waals surface area contributed by atoms with E-state index in [2.05, 4.69) is 6.92 Å². The first-order valence-electron chi connectivity index (χ1n) is 9.46. The van der Waals surface area contributed by atoms with Gasteiger partial charge in [-0.1, -0.05) is 6.92 Å². The Kier molecular flexibility index (Phi) is 4.62. The monoisotopic (exact) mass is 370 g/mol. The number of hydrogen-bond donors (Lipinski definition) is 0. The summed E-state index contributed by atoms with van der Waals surface area (Å²) in [4.78, 5) is 23.0. The molecular weight excluding hydrogens is 343 g/mol. The lowest BCUT2D eigenvalue weighted by molar-refractivity contribution is -0.556. The van der Waals surface area contributed by atoms with Gasteiger partial charge in [0.1, 0.15) is 19.0 Å². The summed E-state index contributed by atoms with van der Waals surface area (Å²) < 4.78 is 31.4. The molecule has 3 saturated heterocycles. The molecule has 1 spiro atoms. The van der Waals surface area contributed by atoms with Crippen LogP contribution in [0.5, 0.6) is 0 Å². The van der Waals surface area contributed by atoms with E-state index in [-0.39, 0.29) is 36.6 Å². The summed E-state index contributed by atoms with van der Waals surface area (Å²) in [5.41, 5.74) is -0.0547. The third-order valence-corrected chi connectivity index (χ3v) is 6.43. The number of carbonyl (C=O) groups is 1. The van der Waals surface area contributed by atoms with Crippen molar-refractivity contribution in [2.75, 3.05) is 19.9 Å². The molecule has 0 aromatic carbocycles. The normalized spacial score (nSPS) is 44.3. The maximum atomic E-state index is 13.8. The molecule has 4 fully saturated rings. The Morgan fingerprint density at radius 2 is 2.12 bits per heavy atom. The molecule has 4 aliphatic heterocycles. The molecule has 6 nitrogen and oxygen atoms in total. The molecule has 146 valence electrons. The fraction of sp³-hybridized carbons (Fsp3) is 0.842. The van der Waals surface area contributed by atoms with Crippen LogP contribution in [0.3, 0.4) is 0 Å². The number of ketones is 1. The van der Waals surface area contributed by atoms with Crippen molar-refractivity contribution < 1.29 is 33.2 Å². The van der Waals surface area contributed by atoms with Gasteiger partial charge in [-0.15, -0.1) is 0 Å². The Hall–Kier alpha value is -1.02. The first kappa shape index (κ1) is 18.3. The molecule has 0 amide bonds. The Morgan fingerprint density at radius 1 is 1.31 bits per heavy atom. The summed E-state index contributed by atoms with van der Waals surface area (Å²) in [6.07, 6.45) is 2.75. The van der Waals surface area contributed by atoms with Crippen LogP contribution < -0.4 is 0 Å². The molecule has 0 aromatic rings. The number of Topliss-reactive ketones (excluding diaryl/α,β-unsaturated/α-hetero) is 1. The van der Waals surface area contributed by atoms with E-state index in [4.69, 9.17) is 24.0 Å².